The van der Waals surface area contributed by atoms with Gasteiger partial charge in [0.25, 0.3) is 5.91 Å². The summed E-state index contributed by atoms with van der Waals surface area (Å²) in [5, 5.41) is 0. The molecule has 1 saturated heterocycles. The molecule has 2 heterocycles. The number of ether oxygens (including phenoxy) is 1. The number of carbonyl (C=O) groups is 1. The Balaban J connectivity index is 1.34. The van der Waals surface area contributed by atoms with Crippen LogP contribution < -0.4 is 4.74 Å². The molecule has 0 atom stereocenters. The summed E-state index contributed by atoms with van der Waals surface area (Å²) in [6.45, 7) is 4.62. The maximum Gasteiger partial charge on any atom is 0.253 e. The molecule has 0 unspecified atom stereocenters. The second-order valence-corrected chi connectivity index (χ2v) is 9.42. The minimum Gasteiger partial charge on any atom is -0.493 e. The summed E-state index contributed by atoms with van der Waals surface area (Å²) in [6, 6.07) is 12.6. The van der Waals surface area contributed by atoms with Crippen LogP contribution in [-0.2, 0) is 22.8 Å². The lowest BCUT2D eigenvalue weighted by atomic mass is 10.1. The van der Waals surface area contributed by atoms with Crippen LogP contribution in [0.25, 0.3) is 0 Å². The molecule has 0 bridgehead atoms. The number of hydrogen-bond acceptors (Lipinski definition) is 5. The van der Waals surface area contributed by atoms with Crippen molar-refractivity contribution in [3.05, 3.63) is 59.2 Å². The van der Waals surface area contributed by atoms with Gasteiger partial charge in [-0.2, -0.15) is 0 Å². The first kappa shape index (κ1) is 19.0. The van der Waals surface area contributed by atoms with Crippen molar-refractivity contribution < 1.29 is 17.9 Å². The number of rotatable bonds is 4. The van der Waals surface area contributed by atoms with Crippen LogP contribution in [0.3, 0.4) is 0 Å². The maximum absolute atomic E-state index is 12.7. The van der Waals surface area contributed by atoms with E-state index in [0.717, 1.165) is 44.7 Å². The molecule has 0 radical (unpaired) electrons. The lowest BCUT2D eigenvalue weighted by Crippen LogP contribution is -2.48. The van der Waals surface area contributed by atoms with Crippen LogP contribution in [0.5, 0.6) is 5.75 Å². The average Bonchev–Trinajstić information content (AvgIpc) is 3.15. The van der Waals surface area contributed by atoms with E-state index in [4.69, 9.17) is 4.74 Å². The normalized spacial score (nSPS) is 17.2. The van der Waals surface area contributed by atoms with Gasteiger partial charge < -0.3 is 9.64 Å². The monoisotopic (exact) mass is 400 g/mol. The van der Waals surface area contributed by atoms with E-state index in [1.165, 1.54) is 23.3 Å². The summed E-state index contributed by atoms with van der Waals surface area (Å²) in [6.07, 6.45) is 2.14. The molecular weight excluding hydrogens is 376 g/mol. The van der Waals surface area contributed by atoms with Gasteiger partial charge in [0.2, 0.25) is 0 Å². The molecule has 0 saturated carbocycles. The van der Waals surface area contributed by atoms with Crippen LogP contribution in [0, 0.1) is 0 Å². The number of benzene rings is 2. The van der Waals surface area contributed by atoms with E-state index in [9.17, 15) is 13.2 Å². The first-order valence-electron chi connectivity index (χ1n) is 9.46. The van der Waals surface area contributed by atoms with Gasteiger partial charge in [0.05, 0.1) is 11.5 Å². The van der Waals surface area contributed by atoms with Gasteiger partial charge in [0.15, 0.2) is 9.84 Å². The summed E-state index contributed by atoms with van der Waals surface area (Å²) < 4.78 is 28.7. The Morgan fingerprint density at radius 1 is 1.04 bits per heavy atom. The summed E-state index contributed by atoms with van der Waals surface area (Å²) >= 11 is 0. The van der Waals surface area contributed by atoms with Crippen LogP contribution in [0.4, 0.5) is 0 Å². The minimum atomic E-state index is -3.25. The van der Waals surface area contributed by atoms with Gasteiger partial charge in [-0.05, 0) is 41.5 Å². The van der Waals surface area contributed by atoms with E-state index >= 15 is 0 Å². The van der Waals surface area contributed by atoms with Gasteiger partial charge in [-0.3, -0.25) is 9.69 Å². The number of hydrogen-bond donors (Lipinski definition) is 0. The zero-order valence-corrected chi connectivity index (χ0v) is 16.7. The average molecular weight is 401 g/mol. The number of fused-ring (bicyclic) bond motifs is 1. The first-order chi connectivity index (χ1) is 13.4. The van der Waals surface area contributed by atoms with E-state index in [1.807, 2.05) is 4.90 Å². The van der Waals surface area contributed by atoms with Gasteiger partial charge >= 0.3 is 0 Å². The van der Waals surface area contributed by atoms with Crippen molar-refractivity contribution in [2.24, 2.45) is 0 Å². The molecule has 2 aromatic rings. The lowest BCUT2D eigenvalue weighted by Gasteiger charge is -2.34. The minimum absolute atomic E-state index is 0.0469. The van der Waals surface area contributed by atoms with Gasteiger partial charge in [-0.1, -0.05) is 12.1 Å². The smallest absolute Gasteiger partial charge is 0.253 e. The highest BCUT2D eigenvalue weighted by atomic mass is 32.2. The first-order valence-corrected chi connectivity index (χ1v) is 11.4. The second kappa shape index (κ2) is 7.56. The highest BCUT2D eigenvalue weighted by molar-refractivity contribution is 7.90. The Kier molecular flexibility index (Phi) is 5.12. The molecule has 28 heavy (non-hydrogen) atoms. The van der Waals surface area contributed by atoms with Gasteiger partial charge in [0.1, 0.15) is 5.75 Å². The molecule has 0 spiro atoms. The van der Waals surface area contributed by atoms with E-state index in [0.29, 0.717) is 18.7 Å². The summed E-state index contributed by atoms with van der Waals surface area (Å²) in [5.41, 5.74) is 3.09. The van der Waals surface area contributed by atoms with Crippen molar-refractivity contribution >= 4 is 15.7 Å². The third-order valence-electron chi connectivity index (χ3n) is 5.35. The number of nitrogens with zero attached hydrogens (tertiary/aromatic N) is 2. The van der Waals surface area contributed by atoms with Crippen molar-refractivity contribution in [1.82, 2.24) is 9.80 Å². The standard InChI is InChI=1S/C21H24N2O4S/c1-28(25,26)19-5-3-17(4-6-19)21(24)23-11-9-22(10-12-23)15-16-2-7-20-18(14-16)8-13-27-20/h2-7,14H,8-13,15H2,1H3. The Morgan fingerprint density at radius 3 is 2.43 bits per heavy atom. The molecule has 0 aliphatic carbocycles. The highest BCUT2D eigenvalue weighted by Gasteiger charge is 2.23. The molecule has 148 valence electrons. The Labute approximate surface area is 165 Å². The fourth-order valence-corrected chi connectivity index (χ4v) is 4.36. The van der Waals surface area contributed by atoms with E-state index in [1.54, 1.807) is 12.1 Å². The number of amides is 1. The molecular formula is C21H24N2O4S. The van der Waals surface area contributed by atoms with Crippen molar-refractivity contribution in [3.8, 4) is 5.75 Å². The summed E-state index contributed by atoms with van der Waals surface area (Å²) in [7, 11) is -3.25. The quantitative estimate of drug-likeness (QED) is 0.785. The predicted octanol–water partition coefficient (Wildman–Crippen LogP) is 1.98. The number of carbonyl (C=O) groups excluding carboxylic acids is 1. The van der Waals surface area contributed by atoms with Crippen LogP contribution in [0.1, 0.15) is 21.5 Å². The Morgan fingerprint density at radius 2 is 1.75 bits per heavy atom. The summed E-state index contributed by atoms with van der Waals surface area (Å²) in [4.78, 5) is 17.1. The van der Waals surface area contributed by atoms with Crippen molar-refractivity contribution in [2.45, 2.75) is 17.9 Å². The van der Waals surface area contributed by atoms with Crippen LogP contribution in [0.2, 0.25) is 0 Å². The number of piperazine rings is 1. The van der Waals surface area contributed by atoms with Crippen molar-refractivity contribution in [3.63, 3.8) is 0 Å². The van der Waals surface area contributed by atoms with Gasteiger partial charge in [-0.15, -0.1) is 0 Å². The van der Waals surface area contributed by atoms with Crippen LogP contribution in [-0.4, -0.2) is 63.2 Å². The van der Waals surface area contributed by atoms with Gasteiger partial charge in [-0.25, -0.2) is 8.42 Å². The molecule has 6 nitrogen and oxygen atoms in total. The SMILES string of the molecule is CS(=O)(=O)c1ccc(C(=O)N2CCN(Cc3ccc4c(c3)CCO4)CC2)cc1. The molecule has 7 heteroatoms. The van der Waals surface area contributed by atoms with Crippen LogP contribution >= 0.6 is 0 Å². The zero-order chi connectivity index (χ0) is 19.7. The summed E-state index contributed by atoms with van der Waals surface area (Å²) in [5.74, 6) is 0.954. The third kappa shape index (κ3) is 4.05. The molecule has 2 aliphatic heterocycles. The molecule has 1 fully saturated rings. The fourth-order valence-electron chi connectivity index (χ4n) is 3.73. The molecule has 0 aromatic heterocycles. The van der Waals surface area contributed by atoms with Crippen LogP contribution in [0.15, 0.2) is 47.4 Å². The zero-order valence-electron chi connectivity index (χ0n) is 15.9. The van der Waals surface area contributed by atoms with Gasteiger partial charge in [0, 0.05) is 51.0 Å². The lowest BCUT2D eigenvalue weighted by molar-refractivity contribution is 0.0628. The fraction of sp³-hybridized carbons (Fsp3) is 0.381. The van der Waals surface area contributed by atoms with E-state index < -0.39 is 9.84 Å². The Hall–Kier alpha value is -2.38. The Bertz CT molecular complexity index is 978. The molecule has 2 aliphatic rings. The van der Waals surface area contributed by atoms with E-state index in [-0.39, 0.29) is 10.8 Å². The van der Waals surface area contributed by atoms with Crippen molar-refractivity contribution in [2.75, 3.05) is 39.0 Å². The second-order valence-electron chi connectivity index (χ2n) is 7.41. The molecule has 1 amide bonds. The largest absolute Gasteiger partial charge is 0.493 e. The highest BCUT2D eigenvalue weighted by Crippen LogP contribution is 2.26. The topological polar surface area (TPSA) is 66.9 Å². The molecule has 2 aromatic carbocycles. The molecule has 4 rings (SSSR count). The van der Waals surface area contributed by atoms with E-state index in [2.05, 4.69) is 23.1 Å². The number of sulfone groups is 1. The maximum atomic E-state index is 12.7. The van der Waals surface area contributed by atoms with Crippen molar-refractivity contribution in [1.29, 1.82) is 0 Å². The predicted molar refractivity (Wildman–Crippen MR) is 106 cm³/mol. The molecule has 0 N–H and O–H groups in total. The third-order valence-corrected chi connectivity index (χ3v) is 6.48.